The fraction of sp³-hybridized carbons (Fsp3) is 0.167. The van der Waals surface area contributed by atoms with Gasteiger partial charge >= 0.3 is 5.97 Å². The molecule has 118 valence electrons. The predicted octanol–water partition coefficient (Wildman–Crippen LogP) is 1.67. The van der Waals surface area contributed by atoms with E-state index in [9.17, 15) is 22.0 Å². The van der Waals surface area contributed by atoms with Crippen molar-refractivity contribution in [1.82, 2.24) is 10.2 Å². The molecule has 10 heteroatoms. The Kier molecular flexibility index (Phi) is 4.40. The second kappa shape index (κ2) is 6.10. The molecule has 7 nitrogen and oxygen atoms in total. The van der Waals surface area contributed by atoms with Crippen molar-refractivity contribution < 1.29 is 26.7 Å². The number of rotatable bonds is 5. The van der Waals surface area contributed by atoms with Crippen LogP contribution >= 0.6 is 0 Å². The third kappa shape index (κ3) is 3.06. The number of aromatic amines is 1. The lowest BCUT2D eigenvalue weighted by Crippen LogP contribution is -2.18. The van der Waals surface area contributed by atoms with Crippen molar-refractivity contribution in [2.45, 2.75) is 11.8 Å². The van der Waals surface area contributed by atoms with E-state index in [0.717, 1.165) is 24.4 Å². The van der Waals surface area contributed by atoms with E-state index in [4.69, 9.17) is 4.74 Å². The Bertz CT molecular complexity index is 784. The molecule has 2 rings (SSSR count). The molecule has 1 aromatic heterocycles. The average Bonchev–Trinajstić information content (AvgIpc) is 2.85. The van der Waals surface area contributed by atoms with Crippen LogP contribution in [-0.2, 0) is 14.8 Å². The van der Waals surface area contributed by atoms with Crippen molar-refractivity contribution in [2.75, 3.05) is 11.3 Å². The van der Waals surface area contributed by atoms with Crippen LogP contribution in [0.1, 0.15) is 17.3 Å². The third-order valence-electron chi connectivity index (χ3n) is 2.56. The summed E-state index contributed by atoms with van der Waals surface area (Å²) >= 11 is 0. The molecule has 0 spiro atoms. The lowest BCUT2D eigenvalue weighted by atomic mass is 10.3. The Hall–Kier alpha value is -2.49. The van der Waals surface area contributed by atoms with Crippen LogP contribution in [0.3, 0.4) is 0 Å². The van der Waals surface area contributed by atoms with Gasteiger partial charge in [-0.15, -0.1) is 0 Å². The van der Waals surface area contributed by atoms with Gasteiger partial charge < -0.3 is 4.74 Å². The Morgan fingerprint density at radius 3 is 2.59 bits per heavy atom. The molecule has 0 saturated carbocycles. The maximum atomic E-state index is 13.6. The minimum Gasteiger partial charge on any atom is -0.462 e. The van der Waals surface area contributed by atoms with Gasteiger partial charge in [0, 0.05) is 0 Å². The molecular weight excluding hydrogens is 320 g/mol. The monoisotopic (exact) mass is 331 g/mol. The Morgan fingerprint density at radius 1 is 1.36 bits per heavy atom. The summed E-state index contributed by atoms with van der Waals surface area (Å²) in [5, 5.41) is 5.73. The number of carbonyl (C=O) groups excluding carboxylic acids is 1. The van der Waals surface area contributed by atoms with E-state index in [1.807, 2.05) is 4.72 Å². The molecule has 0 aliphatic rings. The molecule has 0 amide bonds. The van der Waals surface area contributed by atoms with E-state index in [2.05, 4.69) is 10.2 Å². The second-order valence-electron chi connectivity index (χ2n) is 4.04. The fourth-order valence-electron chi connectivity index (χ4n) is 1.65. The van der Waals surface area contributed by atoms with Gasteiger partial charge in [0.15, 0.2) is 4.90 Å². The predicted molar refractivity (Wildman–Crippen MR) is 71.7 cm³/mol. The number of halogens is 2. The van der Waals surface area contributed by atoms with Crippen molar-refractivity contribution in [3.05, 3.63) is 41.6 Å². The van der Waals surface area contributed by atoms with E-state index >= 15 is 0 Å². The molecular formula is C12H11F2N3O4S. The summed E-state index contributed by atoms with van der Waals surface area (Å²) in [6.07, 6.45) is 1.04. The third-order valence-corrected chi connectivity index (χ3v) is 3.96. The smallest absolute Gasteiger partial charge is 0.343 e. The molecule has 0 aliphatic carbocycles. The van der Waals surface area contributed by atoms with Gasteiger partial charge in [0.05, 0.1) is 12.8 Å². The molecule has 2 N–H and O–H groups in total. The molecule has 0 fully saturated rings. The summed E-state index contributed by atoms with van der Waals surface area (Å²) in [6.45, 7) is 1.63. The largest absolute Gasteiger partial charge is 0.462 e. The van der Waals surface area contributed by atoms with Crippen LogP contribution in [0, 0.1) is 11.6 Å². The van der Waals surface area contributed by atoms with Gasteiger partial charge in [-0.25, -0.2) is 22.0 Å². The van der Waals surface area contributed by atoms with Gasteiger partial charge in [-0.2, -0.15) is 5.10 Å². The minimum absolute atomic E-state index is 0.0676. The molecule has 1 heterocycles. The van der Waals surface area contributed by atoms with E-state index in [0.29, 0.717) is 0 Å². The number of carbonyl (C=O) groups is 1. The molecule has 0 radical (unpaired) electrons. The molecule has 0 unspecified atom stereocenters. The number of hydrogen-bond donors (Lipinski definition) is 2. The molecule has 2 aromatic rings. The highest BCUT2D eigenvalue weighted by Crippen LogP contribution is 2.22. The molecule has 0 atom stereocenters. The van der Waals surface area contributed by atoms with Gasteiger partial charge in [0.1, 0.15) is 23.0 Å². The SMILES string of the molecule is CCOC(=O)c1cn[nH]c1NS(=O)(=O)c1c(F)cccc1F. The van der Waals surface area contributed by atoms with Crippen molar-refractivity contribution in [1.29, 1.82) is 0 Å². The van der Waals surface area contributed by atoms with Gasteiger partial charge in [-0.3, -0.25) is 9.82 Å². The zero-order valence-electron chi connectivity index (χ0n) is 11.3. The maximum Gasteiger partial charge on any atom is 0.343 e. The first-order valence-corrected chi connectivity index (χ1v) is 7.52. The van der Waals surface area contributed by atoms with Crippen LogP contribution in [0.2, 0.25) is 0 Å². The number of hydrogen-bond acceptors (Lipinski definition) is 5. The number of aromatic nitrogens is 2. The maximum absolute atomic E-state index is 13.6. The number of nitrogens with one attached hydrogen (secondary N) is 2. The minimum atomic E-state index is -4.59. The van der Waals surface area contributed by atoms with E-state index < -0.39 is 32.5 Å². The number of esters is 1. The van der Waals surface area contributed by atoms with Crippen LogP contribution in [0.4, 0.5) is 14.6 Å². The number of benzene rings is 1. The summed E-state index contributed by atoms with van der Waals surface area (Å²) in [4.78, 5) is 10.5. The summed E-state index contributed by atoms with van der Waals surface area (Å²) < 4.78 is 57.9. The van der Waals surface area contributed by atoms with E-state index in [1.54, 1.807) is 6.92 Å². The Labute approximate surface area is 124 Å². The zero-order chi connectivity index (χ0) is 16.3. The highest BCUT2D eigenvalue weighted by atomic mass is 32.2. The highest BCUT2D eigenvalue weighted by Gasteiger charge is 2.26. The highest BCUT2D eigenvalue weighted by molar-refractivity contribution is 7.92. The van der Waals surface area contributed by atoms with Crippen LogP contribution in [0.15, 0.2) is 29.3 Å². The Morgan fingerprint density at radius 2 is 2.00 bits per heavy atom. The van der Waals surface area contributed by atoms with Gasteiger partial charge in [-0.1, -0.05) is 6.07 Å². The number of ether oxygens (including phenoxy) is 1. The number of sulfonamides is 1. The van der Waals surface area contributed by atoms with Crippen LogP contribution in [0.5, 0.6) is 0 Å². The molecule has 0 bridgehead atoms. The first-order chi connectivity index (χ1) is 10.4. The number of nitrogens with zero attached hydrogens (tertiary/aromatic N) is 1. The summed E-state index contributed by atoms with van der Waals surface area (Å²) in [6, 6.07) is 2.64. The lowest BCUT2D eigenvalue weighted by Gasteiger charge is -2.09. The zero-order valence-corrected chi connectivity index (χ0v) is 12.1. The van der Waals surface area contributed by atoms with Crippen molar-refractivity contribution in [3.8, 4) is 0 Å². The fourth-order valence-corrected chi connectivity index (χ4v) is 2.83. The van der Waals surface area contributed by atoms with E-state index in [1.165, 1.54) is 0 Å². The first-order valence-electron chi connectivity index (χ1n) is 6.04. The Balaban J connectivity index is 2.39. The van der Waals surface area contributed by atoms with Gasteiger partial charge in [0.25, 0.3) is 10.0 Å². The molecule has 0 aliphatic heterocycles. The molecule has 22 heavy (non-hydrogen) atoms. The van der Waals surface area contributed by atoms with Gasteiger partial charge in [0.2, 0.25) is 0 Å². The summed E-state index contributed by atoms with van der Waals surface area (Å²) in [7, 11) is -4.59. The normalized spacial score (nSPS) is 11.2. The lowest BCUT2D eigenvalue weighted by molar-refractivity contribution is 0.0527. The van der Waals surface area contributed by atoms with Crippen molar-refractivity contribution in [3.63, 3.8) is 0 Å². The standard InChI is InChI=1S/C12H11F2N3O4S/c1-2-21-12(18)7-6-15-16-11(7)17-22(19,20)10-8(13)4-3-5-9(10)14/h3-6H,2H2,1H3,(H2,15,16,17). The number of anilines is 1. The second-order valence-corrected chi connectivity index (χ2v) is 5.65. The van der Waals surface area contributed by atoms with Gasteiger partial charge in [-0.05, 0) is 19.1 Å². The molecule has 1 aromatic carbocycles. The van der Waals surface area contributed by atoms with Crippen LogP contribution in [-0.4, -0.2) is 31.2 Å². The topological polar surface area (TPSA) is 101 Å². The molecule has 0 saturated heterocycles. The first kappa shape index (κ1) is 15.9. The van der Waals surface area contributed by atoms with Crippen LogP contribution in [0.25, 0.3) is 0 Å². The summed E-state index contributed by atoms with van der Waals surface area (Å²) in [5.41, 5.74) is -0.206. The van der Waals surface area contributed by atoms with Crippen LogP contribution < -0.4 is 4.72 Å². The van der Waals surface area contributed by atoms with Crippen molar-refractivity contribution >= 4 is 21.8 Å². The summed E-state index contributed by atoms with van der Waals surface area (Å²) in [5.74, 6) is -3.70. The van der Waals surface area contributed by atoms with Crippen molar-refractivity contribution in [2.24, 2.45) is 0 Å². The van der Waals surface area contributed by atoms with E-state index in [-0.39, 0.29) is 18.0 Å². The number of H-pyrrole nitrogens is 1. The quantitative estimate of drug-likeness (QED) is 0.812. The average molecular weight is 331 g/mol.